The number of nitrogens with zero attached hydrogens (tertiary/aromatic N) is 2. The van der Waals surface area contributed by atoms with Gasteiger partial charge in [-0.25, -0.2) is 4.98 Å². The summed E-state index contributed by atoms with van der Waals surface area (Å²) in [6.07, 6.45) is 8.09. The summed E-state index contributed by atoms with van der Waals surface area (Å²) in [7, 11) is 0. The lowest BCUT2D eigenvalue weighted by atomic mass is 10.1. The topological polar surface area (TPSA) is 36.4 Å². The lowest BCUT2D eigenvalue weighted by Crippen LogP contribution is -2.35. The molecule has 1 aliphatic heterocycles. The van der Waals surface area contributed by atoms with E-state index in [9.17, 15) is 5.11 Å². The first kappa shape index (κ1) is 12.4. The molecule has 1 aliphatic rings. The minimum Gasteiger partial charge on any atom is -0.392 e. The minimum atomic E-state index is 0.0795. The largest absolute Gasteiger partial charge is 0.392 e. The first-order valence-electron chi connectivity index (χ1n) is 6.68. The van der Waals surface area contributed by atoms with Crippen molar-refractivity contribution in [2.24, 2.45) is 0 Å². The molecule has 1 fully saturated rings. The van der Waals surface area contributed by atoms with E-state index in [-0.39, 0.29) is 6.61 Å². The second-order valence-corrected chi connectivity index (χ2v) is 4.75. The van der Waals surface area contributed by atoms with Gasteiger partial charge in [-0.3, -0.25) is 0 Å². The highest BCUT2D eigenvalue weighted by molar-refractivity contribution is 5.47. The van der Waals surface area contributed by atoms with Gasteiger partial charge in [-0.2, -0.15) is 0 Å². The molecule has 3 heteroatoms. The SMILES string of the molecule is CCC1CCCCCN1c1ncccc1CO. The predicted molar refractivity (Wildman–Crippen MR) is 70.1 cm³/mol. The second-order valence-electron chi connectivity index (χ2n) is 4.75. The van der Waals surface area contributed by atoms with Gasteiger partial charge in [-0.15, -0.1) is 0 Å². The maximum atomic E-state index is 9.41. The number of aliphatic hydroxyl groups is 1. The number of aliphatic hydroxyl groups excluding tert-OH is 1. The van der Waals surface area contributed by atoms with E-state index in [4.69, 9.17) is 0 Å². The molecule has 1 aromatic rings. The van der Waals surface area contributed by atoms with Crippen LogP contribution < -0.4 is 4.90 Å². The summed E-state index contributed by atoms with van der Waals surface area (Å²) in [5.41, 5.74) is 0.952. The Morgan fingerprint density at radius 2 is 2.29 bits per heavy atom. The van der Waals surface area contributed by atoms with Crippen molar-refractivity contribution in [2.75, 3.05) is 11.4 Å². The van der Waals surface area contributed by atoms with E-state index in [0.717, 1.165) is 24.3 Å². The van der Waals surface area contributed by atoms with Gasteiger partial charge >= 0.3 is 0 Å². The summed E-state index contributed by atoms with van der Waals surface area (Å²) in [4.78, 5) is 6.88. The Balaban J connectivity index is 2.28. The van der Waals surface area contributed by atoms with E-state index in [2.05, 4.69) is 16.8 Å². The fraction of sp³-hybridized carbons (Fsp3) is 0.643. The minimum absolute atomic E-state index is 0.0795. The van der Waals surface area contributed by atoms with Crippen molar-refractivity contribution < 1.29 is 5.11 Å². The number of aromatic nitrogens is 1. The molecule has 0 saturated carbocycles. The van der Waals surface area contributed by atoms with Crippen molar-refractivity contribution in [1.29, 1.82) is 0 Å². The van der Waals surface area contributed by atoms with E-state index in [1.54, 1.807) is 0 Å². The van der Waals surface area contributed by atoms with Crippen LogP contribution in [0.4, 0.5) is 5.82 Å². The fourth-order valence-corrected chi connectivity index (χ4v) is 2.69. The van der Waals surface area contributed by atoms with Crippen LogP contribution in [0.1, 0.15) is 44.6 Å². The molecule has 0 amide bonds. The molecule has 1 N–H and O–H groups in total. The first-order chi connectivity index (χ1) is 8.36. The molecule has 94 valence electrons. The van der Waals surface area contributed by atoms with Gasteiger partial charge in [0.25, 0.3) is 0 Å². The molecule has 0 radical (unpaired) electrons. The number of hydrogen-bond acceptors (Lipinski definition) is 3. The predicted octanol–water partition coefficient (Wildman–Crippen LogP) is 2.73. The van der Waals surface area contributed by atoms with Crippen LogP contribution in [0, 0.1) is 0 Å². The fourth-order valence-electron chi connectivity index (χ4n) is 2.69. The molecule has 0 aliphatic carbocycles. The lowest BCUT2D eigenvalue weighted by molar-refractivity contribution is 0.281. The van der Waals surface area contributed by atoms with Crippen LogP contribution in [0.25, 0.3) is 0 Å². The number of rotatable bonds is 3. The third kappa shape index (κ3) is 2.78. The van der Waals surface area contributed by atoms with Crippen molar-refractivity contribution >= 4 is 5.82 Å². The summed E-state index contributed by atoms with van der Waals surface area (Å²) in [5, 5.41) is 9.41. The highest BCUT2D eigenvalue weighted by Gasteiger charge is 2.22. The van der Waals surface area contributed by atoms with Crippen LogP contribution in [0.15, 0.2) is 18.3 Å². The van der Waals surface area contributed by atoms with Crippen LogP contribution in [0.5, 0.6) is 0 Å². The molecule has 2 heterocycles. The zero-order valence-corrected chi connectivity index (χ0v) is 10.6. The van der Waals surface area contributed by atoms with Crippen LogP contribution in [0.3, 0.4) is 0 Å². The number of hydrogen-bond donors (Lipinski definition) is 1. The maximum Gasteiger partial charge on any atom is 0.134 e. The van der Waals surface area contributed by atoms with Crippen molar-refractivity contribution in [3.8, 4) is 0 Å². The van der Waals surface area contributed by atoms with Gasteiger partial charge in [0.05, 0.1) is 6.61 Å². The average Bonchev–Trinajstić information content (AvgIpc) is 2.63. The van der Waals surface area contributed by atoms with Crippen LogP contribution in [-0.4, -0.2) is 22.7 Å². The van der Waals surface area contributed by atoms with Crippen molar-refractivity contribution in [3.63, 3.8) is 0 Å². The first-order valence-corrected chi connectivity index (χ1v) is 6.68. The van der Waals surface area contributed by atoms with Gasteiger partial charge in [0.2, 0.25) is 0 Å². The van der Waals surface area contributed by atoms with E-state index in [0.29, 0.717) is 6.04 Å². The van der Waals surface area contributed by atoms with Gasteiger partial charge in [0.15, 0.2) is 0 Å². The average molecular weight is 234 g/mol. The van der Waals surface area contributed by atoms with Gasteiger partial charge in [-0.05, 0) is 25.3 Å². The van der Waals surface area contributed by atoms with Crippen LogP contribution >= 0.6 is 0 Å². The zero-order valence-electron chi connectivity index (χ0n) is 10.6. The molecule has 1 aromatic heterocycles. The van der Waals surface area contributed by atoms with Crippen molar-refractivity contribution in [3.05, 3.63) is 23.9 Å². The Bertz CT molecular complexity index is 354. The Morgan fingerprint density at radius 3 is 3.06 bits per heavy atom. The summed E-state index contributed by atoms with van der Waals surface area (Å²) in [6.45, 7) is 3.39. The normalized spacial score (nSPS) is 21.3. The lowest BCUT2D eigenvalue weighted by Gasteiger charge is -2.31. The summed E-state index contributed by atoms with van der Waals surface area (Å²) < 4.78 is 0. The van der Waals surface area contributed by atoms with Gasteiger partial charge in [0.1, 0.15) is 5.82 Å². The molecule has 0 aromatic carbocycles. The van der Waals surface area contributed by atoms with E-state index in [1.165, 1.54) is 25.7 Å². The summed E-state index contributed by atoms with van der Waals surface area (Å²) in [5.74, 6) is 0.990. The van der Waals surface area contributed by atoms with Crippen LogP contribution in [0.2, 0.25) is 0 Å². The Hall–Kier alpha value is -1.09. The molecular weight excluding hydrogens is 212 g/mol. The van der Waals surface area contributed by atoms with Crippen LogP contribution in [-0.2, 0) is 6.61 Å². The molecule has 0 bridgehead atoms. The third-order valence-electron chi connectivity index (χ3n) is 3.66. The van der Waals surface area contributed by atoms with E-state index >= 15 is 0 Å². The molecule has 17 heavy (non-hydrogen) atoms. The molecule has 2 rings (SSSR count). The molecule has 1 unspecified atom stereocenters. The van der Waals surface area contributed by atoms with Gasteiger partial charge in [0, 0.05) is 24.3 Å². The zero-order chi connectivity index (χ0) is 12.1. The quantitative estimate of drug-likeness (QED) is 0.873. The van der Waals surface area contributed by atoms with E-state index < -0.39 is 0 Å². The van der Waals surface area contributed by atoms with E-state index in [1.807, 2.05) is 18.3 Å². The third-order valence-corrected chi connectivity index (χ3v) is 3.66. The molecule has 1 atom stereocenters. The maximum absolute atomic E-state index is 9.41. The Morgan fingerprint density at radius 1 is 1.41 bits per heavy atom. The standard InChI is InChI=1S/C14H22N2O/c1-2-13-8-4-3-5-10-16(13)14-12(11-17)7-6-9-15-14/h6-7,9,13,17H,2-5,8,10-11H2,1H3. The highest BCUT2D eigenvalue weighted by Crippen LogP contribution is 2.26. The molecule has 1 saturated heterocycles. The Labute approximate surface area is 103 Å². The van der Waals surface area contributed by atoms with Gasteiger partial charge < -0.3 is 10.0 Å². The van der Waals surface area contributed by atoms with Crippen molar-refractivity contribution in [2.45, 2.75) is 51.7 Å². The second kappa shape index (κ2) is 6.01. The monoisotopic (exact) mass is 234 g/mol. The Kier molecular flexibility index (Phi) is 4.37. The summed E-state index contributed by atoms with van der Waals surface area (Å²) in [6, 6.07) is 4.45. The molecular formula is C14H22N2O. The molecule has 0 spiro atoms. The summed E-state index contributed by atoms with van der Waals surface area (Å²) >= 11 is 0. The van der Waals surface area contributed by atoms with Gasteiger partial charge in [-0.1, -0.05) is 25.8 Å². The molecule has 3 nitrogen and oxygen atoms in total. The number of pyridine rings is 1. The van der Waals surface area contributed by atoms with Crippen molar-refractivity contribution in [1.82, 2.24) is 4.98 Å². The highest BCUT2D eigenvalue weighted by atomic mass is 16.3. The smallest absolute Gasteiger partial charge is 0.134 e. The number of anilines is 1.